The molecule has 1 aromatic heterocycles. The van der Waals surface area contributed by atoms with Crippen molar-refractivity contribution in [3.63, 3.8) is 0 Å². The van der Waals surface area contributed by atoms with Crippen molar-refractivity contribution in [1.29, 1.82) is 0 Å². The van der Waals surface area contributed by atoms with Gasteiger partial charge in [-0.2, -0.15) is 0 Å². The lowest BCUT2D eigenvalue weighted by molar-refractivity contribution is 0.144. The van der Waals surface area contributed by atoms with Gasteiger partial charge in [0.25, 0.3) is 5.56 Å². The summed E-state index contributed by atoms with van der Waals surface area (Å²) in [5.74, 6) is 2.93. The first kappa shape index (κ1) is 24.6. The van der Waals surface area contributed by atoms with E-state index in [0.29, 0.717) is 23.5 Å². The lowest BCUT2D eigenvalue weighted by Gasteiger charge is -2.39. The normalized spacial score (nSPS) is 24.4. The number of rotatable bonds is 5. The van der Waals surface area contributed by atoms with E-state index in [0.717, 1.165) is 74.6 Å². The van der Waals surface area contributed by atoms with Gasteiger partial charge in [-0.15, -0.1) is 0 Å². The van der Waals surface area contributed by atoms with Gasteiger partial charge < -0.3 is 14.9 Å². The third-order valence-corrected chi connectivity index (χ3v) is 7.90. The summed E-state index contributed by atoms with van der Waals surface area (Å²) in [5, 5.41) is 10.1. The Balaban J connectivity index is 1.62. The molecule has 2 unspecified atom stereocenters. The van der Waals surface area contributed by atoms with Crippen LogP contribution in [-0.4, -0.2) is 50.6 Å². The van der Waals surface area contributed by atoms with Crippen LogP contribution in [0.3, 0.4) is 0 Å². The predicted molar refractivity (Wildman–Crippen MR) is 131 cm³/mol. The van der Waals surface area contributed by atoms with E-state index in [1.54, 1.807) is 18.5 Å². The van der Waals surface area contributed by atoms with Crippen molar-refractivity contribution in [2.75, 3.05) is 26.2 Å². The second kappa shape index (κ2) is 10.2. The van der Waals surface area contributed by atoms with Crippen LogP contribution in [0, 0.1) is 31.6 Å². The standard InChI is InChI=1S/C26H42N4O2/c1-17-8-15-30(19(3)21(5)31)20(4)25(16-17)23-9-12-29(13-10-23)14-11-24-18(2)27-22(6)28(7)26(24)32/h17,23,25,31H,4,8-16H2,1-3,5-7H3/b21-19+. The average molecular weight is 443 g/mol. The molecule has 0 amide bonds. The molecule has 1 aromatic rings. The molecule has 3 heterocycles. The summed E-state index contributed by atoms with van der Waals surface area (Å²) in [7, 11) is 1.80. The number of hydrogen-bond donors (Lipinski definition) is 1. The van der Waals surface area contributed by atoms with Crippen LogP contribution in [0.25, 0.3) is 0 Å². The average Bonchev–Trinajstić information content (AvgIpc) is 2.90. The molecule has 6 nitrogen and oxygen atoms in total. The summed E-state index contributed by atoms with van der Waals surface area (Å²) in [4.78, 5) is 21.9. The van der Waals surface area contributed by atoms with E-state index in [9.17, 15) is 9.90 Å². The van der Waals surface area contributed by atoms with Crippen LogP contribution >= 0.6 is 0 Å². The first-order valence-corrected chi connectivity index (χ1v) is 12.2. The summed E-state index contributed by atoms with van der Waals surface area (Å²) in [6.07, 6.45) is 5.40. The number of aryl methyl sites for hydroxylation is 2. The molecule has 2 saturated heterocycles. The van der Waals surface area contributed by atoms with Crippen LogP contribution in [0.2, 0.25) is 0 Å². The Morgan fingerprint density at radius 3 is 2.44 bits per heavy atom. The molecule has 2 aliphatic rings. The second-order valence-corrected chi connectivity index (χ2v) is 10.1. The van der Waals surface area contributed by atoms with Crippen LogP contribution in [0.1, 0.15) is 63.5 Å². The Kier molecular flexibility index (Phi) is 7.86. The second-order valence-electron chi connectivity index (χ2n) is 10.1. The van der Waals surface area contributed by atoms with E-state index in [1.165, 1.54) is 12.1 Å². The van der Waals surface area contributed by atoms with Crippen LogP contribution in [0.15, 0.2) is 28.5 Å². The summed E-state index contributed by atoms with van der Waals surface area (Å²) in [5.41, 5.74) is 3.94. The van der Waals surface area contributed by atoms with E-state index in [1.807, 2.05) is 20.8 Å². The highest BCUT2D eigenvalue weighted by Gasteiger charge is 2.34. The maximum atomic E-state index is 12.6. The summed E-state index contributed by atoms with van der Waals surface area (Å²) in [6.45, 7) is 18.4. The molecular formula is C26H42N4O2. The van der Waals surface area contributed by atoms with E-state index < -0.39 is 0 Å². The minimum absolute atomic E-state index is 0.0938. The number of aliphatic hydroxyl groups is 1. The largest absolute Gasteiger partial charge is 0.511 e. The topological polar surface area (TPSA) is 61.6 Å². The number of aromatic nitrogens is 2. The fourth-order valence-corrected chi connectivity index (χ4v) is 5.45. The number of aliphatic hydroxyl groups excluding tert-OH is 1. The smallest absolute Gasteiger partial charge is 0.256 e. The molecule has 2 aliphatic heterocycles. The third kappa shape index (κ3) is 5.28. The first-order valence-electron chi connectivity index (χ1n) is 12.2. The van der Waals surface area contributed by atoms with Crippen molar-refractivity contribution in [2.45, 2.75) is 66.7 Å². The van der Waals surface area contributed by atoms with Crippen molar-refractivity contribution in [2.24, 2.45) is 24.8 Å². The Hall–Kier alpha value is -2.08. The van der Waals surface area contributed by atoms with Crippen LogP contribution in [0.4, 0.5) is 0 Å². The maximum Gasteiger partial charge on any atom is 0.256 e. The number of piperidine rings is 1. The molecule has 0 bridgehead atoms. The zero-order valence-electron chi connectivity index (χ0n) is 20.9. The highest BCUT2D eigenvalue weighted by molar-refractivity contribution is 5.18. The van der Waals surface area contributed by atoms with Crippen molar-refractivity contribution < 1.29 is 5.11 Å². The molecule has 0 saturated carbocycles. The molecule has 3 rings (SSSR count). The van der Waals surface area contributed by atoms with E-state index in [-0.39, 0.29) is 5.56 Å². The predicted octanol–water partition coefficient (Wildman–Crippen LogP) is 4.32. The number of hydrogen-bond acceptors (Lipinski definition) is 5. The third-order valence-electron chi connectivity index (χ3n) is 7.90. The molecule has 6 heteroatoms. The molecule has 2 atom stereocenters. The molecule has 2 fully saturated rings. The van der Waals surface area contributed by atoms with Crippen LogP contribution in [-0.2, 0) is 13.5 Å². The lowest BCUT2D eigenvalue weighted by atomic mass is 9.78. The molecule has 0 radical (unpaired) electrons. The Morgan fingerprint density at radius 1 is 1.16 bits per heavy atom. The van der Waals surface area contributed by atoms with Crippen molar-refractivity contribution in [1.82, 2.24) is 19.4 Å². The van der Waals surface area contributed by atoms with Gasteiger partial charge in [0.1, 0.15) is 11.6 Å². The molecule has 0 aliphatic carbocycles. The molecule has 1 N–H and O–H groups in total. The Labute approximate surface area is 193 Å². The van der Waals surface area contributed by atoms with Gasteiger partial charge in [-0.25, -0.2) is 4.98 Å². The Morgan fingerprint density at radius 2 is 1.81 bits per heavy atom. The number of allylic oxidation sites excluding steroid dienone is 3. The van der Waals surface area contributed by atoms with Crippen LogP contribution < -0.4 is 5.56 Å². The summed E-state index contributed by atoms with van der Waals surface area (Å²) >= 11 is 0. The van der Waals surface area contributed by atoms with Gasteiger partial charge in [-0.1, -0.05) is 13.5 Å². The molecule has 0 spiro atoms. The van der Waals surface area contributed by atoms with Crippen molar-refractivity contribution >= 4 is 0 Å². The minimum atomic E-state index is 0.0938. The van der Waals surface area contributed by atoms with Gasteiger partial charge in [-0.3, -0.25) is 9.36 Å². The van der Waals surface area contributed by atoms with Gasteiger partial charge in [0.05, 0.1) is 5.70 Å². The van der Waals surface area contributed by atoms with E-state index in [4.69, 9.17) is 0 Å². The maximum absolute atomic E-state index is 12.6. The van der Waals surface area contributed by atoms with Gasteiger partial charge >= 0.3 is 0 Å². The highest BCUT2D eigenvalue weighted by Crippen LogP contribution is 2.39. The van der Waals surface area contributed by atoms with Crippen LogP contribution in [0.5, 0.6) is 0 Å². The number of likely N-dealkylation sites (tertiary alicyclic amines) is 2. The van der Waals surface area contributed by atoms with Crippen molar-refractivity contribution in [3.8, 4) is 0 Å². The molecule has 32 heavy (non-hydrogen) atoms. The van der Waals surface area contributed by atoms with Gasteiger partial charge in [-0.05, 0) is 84.7 Å². The van der Waals surface area contributed by atoms with E-state index in [2.05, 4.69) is 28.3 Å². The SMILES string of the molecule is C=C1C(C2CCN(CCc3c(C)nc(C)n(C)c3=O)CC2)CC(C)CCN1/C(C)=C(\C)O. The monoisotopic (exact) mass is 442 g/mol. The fourth-order valence-electron chi connectivity index (χ4n) is 5.45. The minimum Gasteiger partial charge on any atom is -0.511 e. The lowest BCUT2D eigenvalue weighted by Crippen LogP contribution is -2.39. The van der Waals surface area contributed by atoms with Gasteiger partial charge in [0.15, 0.2) is 0 Å². The zero-order valence-corrected chi connectivity index (χ0v) is 20.9. The molecular weight excluding hydrogens is 400 g/mol. The Bertz CT molecular complexity index is 920. The summed E-state index contributed by atoms with van der Waals surface area (Å²) < 4.78 is 1.66. The number of nitrogens with zero attached hydrogens (tertiary/aromatic N) is 4. The van der Waals surface area contributed by atoms with Gasteiger partial charge in [0.2, 0.25) is 0 Å². The molecule has 0 aromatic carbocycles. The summed E-state index contributed by atoms with van der Waals surface area (Å²) in [6, 6.07) is 0. The quantitative estimate of drug-likeness (QED) is 0.688. The van der Waals surface area contributed by atoms with Gasteiger partial charge in [0, 0.05) is 43.0 Å². The fraction of sp³-hybridized carbons (Fsp3) is 0.692. The highest BCUT2D eigenvalue weighted by atomic mass is 16.3. The molecule has 178 valence electrons. The first-order chi connectivity index (χ1) is 15.1. The van der Waals surface area contributed by atoms with E-state index >= 15 is 0 Å². The van der Waals surface area contributed by atoms with Crippen molar-refractivity contribution in [3.05, 3.63) is 51.2 Å². The zero-order chi connectivity index (χ0) is 23.6.